The van der Waals surface area contributed by atoms with Crippen LogP contribution in [0.5, 0.6) is 0 Å². The van der Waals surface area contributed by atoms with Gasteiger partial charge in [0.05, 0.1) is 24.7 Å². The van der Waals surface area contributed by atoms with E-state index in [9.17, 15) is 4.79 Å². The monoisotopic (exact) mass is 203 g/mol. The lowest BCUT2D eigenvalue weighted by Gasteiger charge is -2.23. The van der Waals surface area contributed by atoms with Crippen molar-refractivity contribution in [2.75, 3.05) is 13.7 Å². The van der Waals surface area contributed by atoms with Crippen molar-refractivity contribution in [1.29, 1.82) is 0 Å². The van der Waals surface area contributed by atoms with E-state index in [1.54, 1.807) is 7.11 Å². The van der Waals surface area contributed by atoms with Gasteiger partial charge in [-0.2, -0.15) is 0 Å². The maximum atomic E-state index is 11.4. The third kappa shape index (κ3) is 5.19. The second-order valence-corrected chi connectivity index (χ2v) is 4.00. The highest BCUT2D eigenvalue weighted by atomic mass is 16.5. The number of carbonyl (C=O) groups excluding carboxylic acids is 1. The van der Waals surface area contributed by atoms with Gasteiger partial charge >= 0.3 is 0 Å². The van der Waals surface area contributed by atoms with Crippen LogP contribution in [-0.4, -0.2) is 36.4 Å². The Bertz CT molecular complexity index is 176. The van der Waals surface area contributed by atoms with Gasteiger partial charge in [0.25, 0.3) is 0 Å². The second kappa shape index (κ2) is 5.98. The lowest BCUT2D eigenvalue weighted by atomic mass is 10.0. The first-order valence-electron chi connectivity index (χ1n) is 4.90. The lowest BCUT2D eigenvalue weighted by Crippen LogP contribution is -2.40. The molecule has 0 radical (unpaired) electrons. The molecule has 0 unspecified atom stereocenters. The molecule has 0 fully saturated rings. The van der Waals surface area contributed by atoms with Gasteiger partial charge in [0, 0.05) is 7.11 Å². The van der Waals surface area contributed by atoms with Gasteiger partial charge in [0.2, 0.25) is 5.91 Å². The van der Waals surface area contributed by atoms with Crippen LogP contribution in [0.4, 0.5) is 0 Å². The van der Waals surface area contributed by atoms with Crippen LogP contribution >= 0.6 is 0 Å². The highest BCUT2D eigenvalue weighted by Crippen LogP contribution is 2.12. The van der Waals surface area contributed by atoms with Crippen LogP contribution in [-0.2, 0) is 9.53 Å². The van der Waals surface area contributed by atoms with E-state index in [-0.39, 0.29) is 18.6 Å². The third-order valence-corrected chi connectivity index (χ3v) is 2.22. The molecule has 1 amide bonds. The summed E-state index contributed by atoms with van der Waals surface area (Å²) >= 11 is 0. The number of nitrogens with one attached hydrogen (secondary N) is 1. The van der Waals surface area contributed by atoms with Crippen LogP contribution in [0.2, 0.25) is 0 Å². The fourth-order valence-corrected chi connectivity index (χ4v) is 1.01. The summed E-state index contributed by atoms with van der Waals surface area (Å²) in [6.07, 6.45) is 1.04. The molecule has 0 heterocycles. The van der Waals surface area contributed by atoms with Gasteiger partial charge in [-0.05, 0) is 20.3 Å². The summed E-state index contributed by atoms with van der Waals surface area (Å²) in [5.41, 5.74) is -0.447. The number of hydrogen-bond acceptors (Lipinski definition) is 3. The first-order valence-corrected chi connectivity index (χ1v) is 4.90. The van der Waals surface area contributed by atoms with Crippen LogP contribution in [0.25, 0.3) is 0 Å². The fraction of sp³-hybridized carbons (Fsp3) is 0.900. The minimum absolute atomic E-state index is 0.0182. The zero-order valence-corrected chi connectivity index (χ0v) is 9.46. The number of aliphatic hydroxyl groups excluding tert-OH is 1. The molecule has 0 bridgehead atoms. The summed E-state index contributed by atoms with van der Waals surface area (Å²) in [5, 5.41) is 11.6. The molecule has 14 heavy (non-hydrogen) atoms. The number of amides is 1. The van der Waals surface area contributed by atoms with Gasteiger partial charge in [0.1, 0.15) is 0 Å². The zero-order chi connectivity index (χ0) is 11.2. The molecule has 0 aromatic heterocycles. The molecule has 0 aliphatic rings. The molecule has 0 aromatic rings. The van der Waals surface area contributed by atoms with Crippen molar-refractivity contribution in [2.24, 2.45) is 0 Å². The van der Waals surface area contributed by atoms with Crippen LogP contribution < -0.4 is 5.32 Å². The van der Waals surface area contributed by atoms with E-state index in [0.717, 1.165) is 6.42 Å². The maximum absolute atomic E-state index is 11.4. The number of methoxy groups -OCH3 is 1. The molecule has 2 N–H and O–H groups in total. The van der Waals surface area contributed by atoms with Crippen LogP contribution in [0, 0.1) is 0 Å². The Kier molecular flexibility index (Phi) is 5.72. The fourth-order valence-electron chi connectivity index (χ4n) is 1.01. The number of carbonyl (C=O) groups is 1. The topological polar surface area (TPSA) is 58.6 Å². The highest BCUT2D eigenvalue weighted by molar-refractivity contribution is 5.77. The summed E-state index contributed by atoms with van der Waals surface area (Å²) in [4.78, 5) is 11.4. The van der Waals surface area contributed by atoms with Crippen molar-refractivity contribution in [2.45, 2.75) is 45.3 Å². The van der Waals surface area contributed by atoms with E-state index in [1.807, 2.05) is 20.8 Å². The molecule has 0 aliphatic heterocycles. The van der Waals surface area contributed by atoms with Gasteiger partial charge < -0.3 is 15.2 Å². The SMILES string of the molecule is CC[C@H](CO)NC(=O)CC(C)(C)OC. The Hall–Kier alpha value is -0.610. The van der Waals surface area contributed by atoms with Gasteiger partial charge in [-0.25, -0.2) is 0 Å². The molecular formula is C10H21NO3. The highest BCUT2D eigenvalue weighted by Gasteiger charge is 2.22. The van der Waals surface area contributed by atoms with E-state index < -0.39 is 5.60 Å². The van der Waals surface area contributed by atoms with Crippen molar-refractivity contribution >= 4 is 5.91 Å². The van der Waals surface area contributed by atoms with Crippen molar-refractivity contribution in [3.8, 4) is 0 Å². The van der Waals surface area contributed by atoms with E-state index in [2.05, 4.69) is 5.32 Å². The van der Waals surface area contributed by atoms with E-state index in [4.69, 9.17) is 9.84 Å². The molecule has 84 valence electrons. The Labute approximate surface area is 85.6 Å². The van der Waals surface area contributed by atoms with Crippen molar-refractivity contribution in [3.05, 3.63) is 0 Å². The summed E-state index contributed by atoms with van der Waals surface area (Å²) in [6, 6.07) is -0.143. The largest absolute Gasteiger partial charge is 0.394 e. The minimum Gasteiger partial charge on any atom is -0.394 e. The molecule has 0 rings (SSSR count). The Morgan fingerprint density at radius 2 is 2.14 bits per heavy atom. The summed E-state index contributed by atoms with van der Waals surface area (Å²) in [7, 11) is 1.58. The average Bonchev–Trinajstić information content (AvgIpc) is 2.13. The number of ether oxygens (including phenoxy) is 1. The molecule has 0 spiro atoms. The average molecular weight is 203 g/mol. The standard InChI is InChI=1S/C10H21NO3/c1-5-8(7-12)11-9(13)6-10(2,3)14-4/h8,12H,5-7H2,1-4H3,(H,11,13)/t8-/m1/s1. The summed E-state index contributed by atoms with van der Waals surface area (Å²) in [5.74, 6) is -0.0854. The molecule has 0 aromatic carbocycles. The van der Waals surface area contributed by atoms with Crippen molar-refractivity contribution in [1.82, 2.24) is 5.32 Å². The Morgan fingerprint density at radius 1 is 1.57 bits per heavy atom. The predicted octanol–water partition coefficient (Wildman–Crippen LogP) is 0.689. The number of rotatable bonds is 6. The molecule has 0 aliphatic carbocycles. The zero-order valence-electron chi connectivity index (χ0n) is 9.46. The van der Waals surface area contributed by atoms with E-state index in [1.165, 1.54) is 0 Å². The first-order chi connectivity index (χ1) is 6.45. The molecule has 4 heteroatoms. The molecule has 4 nitrogen and oxygen atoms in total. The summed E-state index contributed by atoms with van der Waals surface area (Å²) in [6.45, 7) is 5.61. The third-order valence-electron chi connectivity index (χ3n) is 2.22. The number of hydrogen-bond donors (Lipinski definition) is 2. The first kappa shape index (κ1) is 13.4. The predicted molar refractivity (Wildman–Crippen MR) is 55.0 cm³/mol. The summed E-state index contributed by atoms with van der Waals surface area (Å²) < 4.78 is 5.13. The van der Waals surface area contributed by atoms with Crippen LogP contribution in [0.1, 0.15) is 33.6 Å². The van der Waals surface area contributed by atoms with Gasteiger partial charge in [-0.1, -0.05) is 6.92 Å². The molecule has 0 saturated carbocycles. The van der Waals surface area contributed by atoms with Gasteiger partial charge in [-0.15, -0.1) is 0 Å². The Balaban J connectivity index is 3.97. The maximum Gasteiger partial charge on any atom is 0.223 e. The van der Waals surface area contributed by atoms with Crippen molar-refractivity contribution in [3.63, 3.8) is 0 Å². The molecule has 0 saturated heterocycles. The molecular weight excluding hydrogens is 182 g/mol. The minimum atomic E-state index is -0.447. The Morgan fingerprint density at radius 3 is 2.50 bits per heavy atom. The van der Waals surface area contributed by atoms with Gasteiger partial charge in [-0.3, -0.25) is 4.79 Å². The van der Waals surface area contributed by atoms with E-state index >= 15 is 0 Å². The van der Waals surface area contributed by atoms with Crippen LogP contribution in [0.15, 0.2) is 0 Å². The molecule has 1 atom stereocenters. The quantitative estimate of drug-likeness (QED) is 0.667. The van der Waals surface area contributed by atoms with Crippen molar-refractivity contribution < 1.29 is 14.6 Å². The van der Waals surface area contributed by atoms with E-state index in [0.29, 0.717) is 6.42 Å². The van der Waals surface area contributed by atoms with Gasteiger partial charge in [0.15, 0.2) is 0 Å². The second-order valence-electron chi connectivity index (χ2n) is 4.00. The number of aliphatic hydroxyl groups is 1. The van der Waals surface area contributed by atoms with Crippen LogP contribution in [0.3, 0.4) is 0 Å². The normalized spacial score (nSPS) is 13.8. The lowest BCUT2D eigenvalue weighted by molar-refractivity contribution is -0.127. The smallest absolute Gasteiger partial charge is 0.223 e.